The molecular weight excluding hydrogens is 282 g/mol. The molecule has 114 valence electrons. The highest BCUT2D eigenvalue weighted by molar-refractivity contribution is 7.80. The smallest absolute Gasteiger partial charge is 0.227 e. The highest BCUT2D eigenvalue weighted by Gasteiger charge is 2.21. The van der Waals surface area contributed by atoms with Crippen LogP contribution in [0, 0.1) is 13.8 Å². The molecule has 0 unspecified atom stereocenters. The third-order valence-electron chi connectivity index (χ3n) is 3.95. The molecule has 1 fully saturated rings. The number of nitrogens with zero attached hydrogens (tertiary/aromatic N) is 2. The number of carbonyl (C=O) groups excluding carboxylic acids is 1. The van der Waals surface area contributed by atoms with Gasteiger partial charge in [-0.3, -0.25) is 9.69 Å². The zero-order valence-electron chi connectivity index (χ0n) is 12.8. The van der Waals surface area contributed by atoms with Crippen molar-refractivity contribution in [2.24, 2.45) is 5.73 Å². The number of hydrogen-bond donors (Lipinski definition) is 1. The first kappa shape index (κ1) is 15.9. The Balaban J connectivity index is 1.90. The molecule has 0 radical (unpaired) electrons. The average Bonchev–Trinajstić information content (AvgIpc) is 2.43. The topological polar surface area (TPSA) is 49.6 Å². The third kappa shape index (κ3) is 4.51. The number of aryl methyl sites for hydroxylation is 2. The monoisotopic (exact) mass is 305 g/mol. The number of carbonyl (C=O) groups is 1. The van der Waals surface area contributed by atoms with Gasteiger partial charge in [-0.25, -0.2) is 0 Å². The lowest BCUT2D eigenvalue weighted by molar-refractivity contribution is -0.132. The number of amides is 1. The fourth-order valence-corrected chi connectivity index (χ4v) is 2.82. The Morgan fingerprint density at radius 3 is 2.52 bits per heavy atom. The van der Waals surface area contributed by atoms with E-state index in [1.165, 1.54) is 11.1 Å². The Hall–Kier alpha value is -1.46. The first-order valence-electron chi connectivity index (χ1n) is 7.30. The Morgan fingerprint density at radius 1 is 1.24 bits per heavy atom. The van der Waals surface area contributed by atoms with Gasteiger partial charge in [-0.1, -0.05) is 36.0 Å². The molecule has 1 amide bonds. The highest BCUT2D eigenvalue weighted by atomic mass is 32.1. The van der Waals surface area contributed by atoms with Crippen molar-refractivity contribution in [1.29, 1.82) is 0 Å². The maximum Gasteiger partial charge on any atom is 0.227 e. The van der Waals surface area contributed by atoms with E-state index in [9.17, 15) is 4.79 Å². The van der Waals surface area contributed by atoms with Crippen LogP contribution in [0.5, 0.6) is 0 Å². The number of hydrogen-bond acceptors (Lipinski definition) is 3. The van der Waals surface area contributed by atoms with Gasteiger partial charge in [-0.2, -0.15) is 0 Å². The van der Waals surface area contributed by atoms with Gasteiger partial charge in [0.25, 0.3) is 0 Å². The zero-order chi connectivity index (χ0) is 15.4. The summed E-state index contributed by atoms with van der Waals surface area (Å²) in [7, 11) is 0. The van der Waals surface area contributed by atoms with Crippen LogP contribution < -0.4 is 5.73 Å². The van der Waals surface area contributed by atoms with Crippen molar-refractivity contribution in [2.75, 3.05) is 32.7 Å². The van der Waals surface area contributed by atoms with Gasteiger partial charge in [0.05, 0.1) is 11.4 Å². The standard InChI is InChI=1S/C16H23N3OS/c1-12-3-4-13(2)14(9-12)10-16(20)19-7-5-18(6-8-19)11-15(17)21/h3-4,9H,5-8,10-11H2,1-2H3,(H2,17,21). The highest BCUT2D eigenvalue weighted by Crippen LogP contribution is 2.13. The molecule has 0 aliphatic carbocycles. The van der Waals surface area contributed by atoms with Crippen molar-refractivity contribution in [3.05, 3.63) is 34.9 Å². The SMILES string of the molecule is Cc1ccc(C)c(CC(=O)N2CCN(CC(N)=S)CC2)c1. The van der Waals surface area contributed by atoms with Crippen molar-refractivity contribution in [2.45, 2.75) is 20.3 Å². The summed E-state index contributed by atoms with van der Waals surface area (Å²) in [6, 6.07) is 6.27. The van der Waals surface area contributed by atoms with Gasteiger partial charge in [0.15, 0.2) is 0 Å². The van der Waals surface area contributed by atoms with Crippen molar-refractivity contribution in [1.82, 2.24) is 9.80 Å². The molecule has 2 rings (SSSR count). The van der Waals surface area contributed by atoms with Crippen LogP contribution in [0.2, 0.25) is 0 Å². The molecule has 2 N–H and O–H groups in total. The summed E-state index contributed by atoms with van der Waals surface area (Å²) in [6.45, 7) is 7.96. The molecule has 1 aromatic rings. The van der Waals surface area contributed by atoms with Crippen molar-refractivity contribution >= 4 is 23.1 Å². The summed E-state index contributed by atoms with van der Waals surface area (Å²) in [5.74, 6) is 0.207. The lowest BCUT2D eigenvalue weighted by Crippen LogP contribution is -2.50. The minimum atomic E-state index is 0.207. The Bertz CT molecular complexity index is 536. The van der Waals surface area contributed by atoms with E-state index in [0.717, 1.165) is 31.7 Å². The second-order valence-electron chi connectivity index (χ2n) is 5.73. The number of rotatable bonds is 4. The molecule has 4 nitrogen and oxygen atoms in total. The van der Waals surface area contributed by atoms with E-state index < -0.39 is 0 Å². The van der Waals surface area contributed by atoms with Crippen LogP contribution in [0.4, 0.5) is 0 Å². The minimum Gasteiger partial charge on any atom is -0.392 e. The van der Waals surface area contributed by atoms with Crippen molar-refractivity contribution in [3.63, 3.8) is 0 Å². The van der Waals surface area contributed by atoms with Crippen LogP contribution in [0.25, 0.3) is 0 Å². The second kappa shape index (κ2) is 7.00. The van der Waals surface area contributed by atoms with Gasteiger partial charge in [-0.15, -0.1) is 0 Å². The number of benzene rings is 1. The van der Waals surface area contributed by atoms with E-state index in [-0.39, 0.29) is 5.91 Å². The molecule has 1 saturated heterocycles. The van der Waals surface area contributed by atoms with Gasteiger partial charge in [0, 0.05) is 32.7 Å². The number of thiocarbonyl (C=S) groups is 1. The van der Waals surface area contributed by atoms with Crippen LogP contribution in [-0.2, 0) is 11.2 Å². The van der Waals surface area contributed by atoms with Gasteiger partial charge in [0.2, 0.25) is 5.91 Å². The molecule has 0 bridgehead atoms. The molecule has 0 atom stereocenters. The third-order valence-corrected chi connectivity index (χ3v) is 4.08. The quantitative estimate of drug-likeness (QED) is 0.851. The molecule has 1 heterocycles. The Morgan fingerprint density at radius 2 is 1.90 bits per heavy atom. The molecule has 0 saturated carbocycles. The fraction of sp³-hybridized carbons (Fsp3) is 0.500. The first-order valence-corrected chi connectivity index (χ1v) is 7.71. The molecule has 1 aliphatic rings. The summed E-state index contributed by atoms with van der Waals surface area (Å²) < 4.78 is 0. The molecule has 1 aromatic carbocycles. The van der Waals surface area contributed by atoms with E-state index in [0.29, 0.717) is 18.0 Å². The first-order chi connectivity index (χ1) is 9.95. The summed E-state index contributed by atoms with van der Waals surface area (Å²) in [5, 5.41) is 0. The Labute approximate surface area is 131 Å². The maximum absolute atomic E-state index is 12.4. The molecular formula is C16H23N3OS. The van der Waals surface area contributed by atoms with Crippen LogP contribution in [0.1, 0.15) is 16.7 Å². The molecule has 5 heteroatoms. The van der Waals surface area contributed by atoms with E-state index >= 15 is 0 Å². The van der Waals surface area contributed by atoms with E-state index in [4.69, 9.17) is 18.0 Å². The van der Waals surface area contributed by atoms with Gasteiger partial charge in [0.1, 0.15) is 0 Å². The van der Waals surface area contributed by atoms with Crippen molar-refractivity contribution < 1.29 is 4.79 Å². The summed E-state index contributed by atoms with van der Waals surface area (Å²) in [4.78, 5) is 17.1. The molecule has 21 heavy (non-hydrogen) atoms. The second-order valence-corrected chi connectivity index (χ2v) is 6.25. The number of nitrogens with two attached hydrogens (primary N) is 1. The summed E-state index contributed by atoms with van der Waals surface area (Å²) in [6.07, 6.45) is 0.489. The number of piperazine rings is 1. The normalized spacial score (nSPS) is 16.0. The van der Waals surface area contributed by atoms with Gasteiger partial charge in [-0.05, 0) is 25.0 Å². The largest absolute Gasteiger partial charge is 0.392 e. The van der Waals surface area contributed by atoms with Crippen LogP contribution >= 0.6 is 12.2 Å². The van der Waals surface area contributed by atoms with Gasteiger partial charge >= 0.3 is 0 Å². The summed E-state index contributed by atoms with van der Waals surface area (Å²) in [5.41, 5.74) is 9.07. The fourth-order valence-electron chi connectivity index (χ4n) is 2.64. The predicted octanol–water partition coefficient (Wildman–Crippen LogP) is 1.28. The molecule has 1 aliphatic heterocycles. The minimum absolute atomic E-state index is 0.207. The lowest BCUT2D eigenvalue weighted by atomic mass is 10.0. The van der Waals surface area contributed by atoms with Crippen LogP contribution in [0.3, 0.4) is 0 Å². The van der Waals surface area contributed by atoms with Crippen LogP contribution in [0.15, 0.2) is 18.2 Å². The maximum atomic E-state index is 12.4. The average molecular weight is 305 g/mol. The van der Waals surface area contributed by atoms with Gasteiger partial charge < -0.3 is 10.6 Å². The predicted molar refractivity (Wildman–Crippen MR) is 89.4 cm³/mol. The Kier molecular flexibility index (Phi) is 5.31. The molecule has 0 spiro atoms. The van der Waals surface area contributed by atoms with E-state index in [2.05, 4.69) is 36.9 Å². The van der Waals surface area contributed by atoms with E-state index in [1.54, 1.807) is 0 Å². The molecule has 0 aromatic heterocycles. The zero-order valence-corrected chi connectivity index (χ0v) is 13.6. The van der Waals surface area contributed by atoms with Crippen molar-refractivity contribution in [3.8, 4) is 0 Å². The van der Waals surface area contributed by atoms with Crippen LogP contribution in [-0.4, -0.2) is 53.4 Å². The lowest BCUT2D eigenvalue weighted by Gasteiger charge is -2.34. The van der Waals surface area contributed by atoms with E-state index in [1.807, 2.05) is 4.90 Å². The summed E-state index contributed by atoms with van der Waals surface area (Å²) >= 11 is 4.93.